The van der Waals surface area contributed by atoms with E-state index in [1.165, 1.54) is 0 Å². The van der Waals surface area contributed by atoms with Gasteiger partial charge in [0.15, 0.2) is 0 Å². The maximum absolute atomic E-state index is 12.5. The van der Waals surface area contributed by atoms with Crippen LogP contribution in [0.2, 0.25) is 0 Å². The Bertz CT molecular complexity index is 551. The van der Waals surface area contributed by atoms with Gasteiger partial charge in [0, 0.05) is 24.0 Å². The standard InChI is InChI=1S/C14H16N4O/c1-10(2)18(13-4-3-12(15)9-17-13)14(19)11-5-7-16-8-6-11/h3-10H,15H2,1-2H3. The van der Waals surface area contributed by atoms with Crippen LogP contribution in [0.4, 0.5) is 11.5 Å². The smallest absolute Gasteiger partial charge is 0.259 e. The fourth-order valence-corrected chi connectivity index (χ4v) is 1.78. The Morgan fingerprint density at radius 3 is 2.42 bits per heavy atom. The summed E-state index contributed by atoms with van der Waals surface area (Å²) in [6.07, 6.45) is 4.74. The van der Waals surface area contributed by atoms with Crippen molar-refractivity contribution in [1.29, 1.82) is 0 Å². The molecular weight excluding hydrogens is 240 g/mol. The van der Waals surface area contributed by atoms with Crippen LogP contribution in [0.15, 0.2) is 42.9 Å². The Morgan fingerprint density at radius 2 is 1.89 bits per heavy atom. The van der Waals surface area contributed by atoms with Crippen molar-refractivity contribution in [2.75, 3.05) is 10.6 Å². The number of hydrogen-bond donors (Lipinski definition) is 1. The van der Waals surface area contributed by atoms with E-state index in [1.807, 2.05) is 13.8 Å². The highest BCUT2D eigenvalue weighted by molar-refractivity contribution is 6.05. The molecule has 0 saturated heterocycles. The second kappa shape index (κ2) is 5.48. The summed E-state index contributed by atoms with van der Waals surface area (Å²) >= 11 is 0. The van der Waals surface area contributed by atoms with Crippen LogP contribution in [-0.4, -0.2) is 21.9 Å². The van der Waals surface area contributed by atoms with Crippen LogP contribution in [0.1, 0.15) is 24.2 Å². The molecular formula is C14H16N4O. The molecule has 19 heavy (non-hydrogen) atoms. The minimum atomic E-state index is -0.102. The van der Waals surface area contributed by atoms with Crippen molar-refractivity contribution < 1.29 is 4.79 Å². The van der Waals surface area contributed by atoms with E-state index in [9.17, 15) is 4.79 Å². The normalized spacial score (nSPS) is 10.5. The molecule has 5 nitrogen and oxygen atoms in total. The zero-order valence-corrected chi connectivity index (χ0v) is 10.9. The first-order chi connectivity index (χ1) is 9.09. The molecule has 2 aromatic rings. The Balaban J connectivity index is 2.36. The third-order valence-corrected chi connectivity index (χ3v) is 2.68. The summed E-state index contributed by atoms with van der Waals surface area (Å²) in [5, 5.41) is 0. The van der Waals surface area contributed by atoms with Gasteiger partial charge in [-0.3, -0.25) is 14.7 Å². The molecule has 0 atom stereocenters. The number of carbonyl (C=O) groups is 1. The predicted octanol–water partition coefficient (Wildman–Crippen LogP) is 2.11. The van der Waals surface area contributed by atoms with Gasteiger partial charge in [-0.05, 0) is 38.1 Å². The van der Waals surface area contributed by atoms with Crippen molar-refractivity contribution in [3.63, 3.8) is 0 Å². The Morgan fingerprint density at radius 1 is 1.21 bits per heavy atom. The summed E-state index contributed by atoms with van der Waals surface area (Å²) in [7, 11) is 0. The Hall–Kier alpha value is -2.43. The minimum absolute atomic E-state index is 0.00297. The summed E-state index contributed by atoms with van der Waals surface area (Å²) < 4.78 is 0. The molecule has 2 heterocycles. The van der Waals surface area contributed by atoms with Crippen LogP contribution >= 0.6 is 0 Å². The monoisotopic (exact) mass is 256 g/mol. The molecule has 0 saturated carbocycles. The molecule has 0 fully saturated rings. The number of rotatable bonds is 3. The number of nitrogens with zero attached hydrogens (tertiary/aromatic N) is 3. The predicted molar refractivity (Wildman–Crippen MR) is 74.8 cm³/mol. The lowest BCUT2D eigenvalue weighted by Crippen LogP contribution is -2.37. The molecule has 2 N–H and O–H groups in total. The fourth-order valence-electron chi connectivity index (χ4n) is 1.78. The maximum atomic E-state index is 12.5. The van der Waals surface area contributed by atoms with Crippen LogP contribution in [0.3, 0.4) is 0 Å². The van der Waals surface area contributed by atoms with Gasteiger partial charge in [-0.2, -0.15) is 0 Å². The highest BCUT2D eigenvalue weighted by atomic mass is 16.2. The van der Waals surface area contributed by atoms with E-state index in [1.54, 1.807) is 47.8 Å². The van der Waals surface area contributed by atoms with Crippen LogP contribution in [0.25, 0.3) is 0 Å². The number of aromatic nitrogens is 2. The van der Waals surface area contributed by atoms with Gasteiger partial charge in [0.25, 0.3) is 5.91 Å². The topological polar surface area (TPSA) is 72.1 Å². The lowest BCUT2D eigenvalue weighted by molar-refractivity contribution is 0.0979. The third kappa shape index (κ3) is 2.88. The van der Waals surface area contributed by atoms with Gasteiger partial charge in [0.05, 0.1) is 11.9 Å². The highest BCUT2D eigenvalue weighted by Crippen LogP contribution is 2.18. The number of amides is 1. The molecule has 0 unspecified atom stereocenters. The lowest BCUT2D eigenvalue weighted by Gasteiger charge is -2.25. The van der Waals surface area contributed by atoms with Gasteiger partial charge in [-0.15, -0.1) is 0 Å². The van der Waals surface area contributed by atoms with E-state index in [2.05, 4.69) is 9.97 Å². The quantitative estimate of drug-likeness (QED) is 0.913. The van der Waals surface area contributed by atoms with Crippen molar-refractivity contribution in [3.8, 4) is 0 Å². The van der Waals surface area contributed by atoms with Crippen molar-refractivity contribution >= 4 is 17.4 Å². The number of nitrogen functional groups attached to an aromatic ring is 1. The van der Waals surface area contributed by atoms with Crippen molar-refractivity contribution in [2.24, 2.45) is 0 Å². The number of nitrogens with two attached hydrogens (primary N) is 1. The average molecular weight is 256 g/mol. The molecule has 0 aliphatic heterocycles. The van der Waals surface area contributed by atoms with Crippen LogP contribution in [0, 0.1) is 0 Å². The van der Waals surface area contributed by atoms with E-state index >= 15 is 0 Å². The van der Waals surface area contributed by atoms with Gasteiger partial charge < -0.3 is 5.73 Å². The van der Waals surface area contributed by atoms with Crippen LogP contribution < -0.4 is 10.6 Å². The summed E-state index contributed by atoms with van der Waals surface area (Å²) in [6.45, 7) is 3.88. The second-order valence-corrected chi connectivity index (χ2v) is 4.45. The second-order valence-electron chi connectivity index (χ2n) is 4.45. The fraction of sp³-hybridized carbons (Fsp3) is 0.214. The molecule has 0 radical (unpaired) electrons. The molecule has 98 valence electrons. The number of anilines is 2. The van der Waals surface area contributed by atoms with Crippen molar-refractivity contribution in [2.45, 2.75) is 19.9 Å². The minimum Gasteiger partial charge on any atom is -0.397 e. The van der Waals surface area contributed by atoms with Crippen LogP contribution in [0.5, 0.6) is 0 Å². The van der Waals surface area contributed by atoms with E-state index in [0.717, 1.165) is 0 Å². The van der Waals surface area contributed by atoms with Gasteiger partial charge >= 0.3 is 0 Å². The summed E-state index contributed by atoms with van der Waals surface area (Å²) in [5.74, 6) is 0.487. The van der Waals surface area contributed by atoms with E-state index in [0.29, 0.717) is 17.1 Å². The first-order valence-electron chi connectivity index (χ1n) is 6.04. The molecule has 0 aromatic carbocycles. The van der Waals surface area contributed by atoms with Crippen molar-refractivity contribution in [3.05, 3.63) is 48.4 Å². The van der Waals surface area contributed by atoms with Crippen molar-refractivity contribution in [1.82, 2.24) is 9.97 Å². The van der Waals surface area contributed by atoms with E-state index in [4.69, 9.17) is 5.73 Å². The summed E-state index contributed by atoms with van der Waals surface area (Å²) in [6, 6.07) is 6.85. The molecule has 1 amide bonds. The van der Waals surface area contributed by atoms with Gasteiger partial charge in [-0.1, -0.05) is 0 Å². The molecule has 0 bridgehead atoms. The molecule has 0 aliphatic carbocycles. The van der Waals surface area contributed by atoms with Gasteiger partial charge in [0.1, 0.15) is 5.82 Å². The summed E-state index contributed by atoms with van der Waals surface area (Å²) in [5.41, 5.74) is 6.77. The average Bonchev–Trinajstić information content (AvgIpc) is 2.42. The van der Waals surface area contributed by atoms with E-state index in [-0.39, 0.29) is 11.9 Å². The largest absolute Gasteiger partial charge is 0.397 e. The van der Waals surface area contributed by atoms with E-state index < -0.39 is 0 Å². The lowest BCUT2D eigenvalue weighted by atomic mass is 10.2. The third-order valence-electron chi connectivity index (χ3n) is 2.68. The Labute approximate surface area is 112 Å². The molecule has 2 rings (SSSR count). The molecule has 0 aliphatic rings. The first kappa shape index (κ1) is 13.0. The molecule has 0 spiro atoms. The Kier molecular flexibility index (Phi) is 3.75. The maximum Gasteiger partial charge on any atom is 0.259 e. The SMILES string of the molecule is CC(C)N(C(=O)c1ccncc1)c1ccc(N)cn1. The highest BCUT2D eigenvalue weighted by Gasteiger charge is 2.21. The zero-order valence-electron chi connectivity index (χ0n) is 10.9. The number of carbonyl (C=O) groups excluding carboxylic acids is 1. The summed E-state index contributed by atoms with van der Waals surface area (Å²) in [4.78, 5) is 22.3. The molecule has 5 heteroatoms. The number of pyridine rings is 2. The van der Waals surface area contributed by atoms with Crippen LogP contribution in [-0.2, 0) is 0 Å². The zero-order chi connectivity index (χ0) is 13.8. The number of hydrogen-bond acceptors (Lipinski definition) is 4. The van der Waals surface area contributed by atoms with Gasteiger partial charge in [-0.25, -0.2) is 4.98 Å². The van der Waals surface area contributed by atoms with Gasteiger partial charge in [0.2, 0.25) is 0 Å². The molecule has 2 aromatic heterocycles. The first-order valence-corrected chi connectivity index (χ1v) is 6.04.